The molecule has 1 amide bonds. The van der Waals surface area contributed by atoms with E-state index in [1.165, 1.54) is 11.8 Å². The van der Waals surface area contributed by atoms with E-state index in [1.54, 1.807) is 7.11 Å². The minimum Gasteiger partial charge on any atom is -0.497 e. The van der Waals surface area contributed by atoms with Crippen molar-refractivity contribution in [3.05, 3.63) is 65.7 Å². The number of amides is 1. The molecule has 4 rings (SSSR count). The first-order chi connectivity index (χ1) is 13.7. The lowest BCUT2D eigenvalue weighted by atomic mass is 10.1. The number of benzene rings is 2. The van der Waals surface area contributed by atoms with Gasteiger partial charge in [-0.2, -0.15) is 0 Å². The van der Waals surface area contributed by atoms with E-state index in [9.17, 15) is 4.79 Å². The Bertz CT molecular complexity index is 1140. The number of pyridine rings is 1. The van der Waals surface area contributed by atoms with Crippen LogP contribution in [0.15, 0.2) is 59.8 Å². The fraction of sp³-hybridized carbons (Fsp3) is 0.190. The molecule has 2 aromatic heterocycles. The summed E-state index contributed by atoms with van der Waals surface area (Å²) in [6.07, 6.45) is 0. The van der Waals surface area contributed by atoms with E-state index < -0.39 is 0 Å². The number of carbonyl (C=O) groups excluding carboxylic acids is 1. The van der Waals surface area contributed by atoms with Crippen molar-refractivity contribution in [1.82, 2.24) is 19.9 Å². The molecular formula is C21H20N4O2S. The maximum Gasteiger partial charge on any atom is 0.230 e. The van der Waals surface area contributed by atoms with Gasteiger partial charge < -0.3 is 10.1 Å². The van der Waals surface area contributed by atoms with Gasteiger partial charge in [-0.25, -0.2) is 0 Å². The molecule has 7 heteroatoms. The number of nitrogens with zero attached hydrogens (tertiary/aromatic N) is 3. The second-order valence-corrected chi connectivity index (χ2v) is 7.39. The first-order valence-electron chi connectivity index (χ1n) is 8.91. The summed E-state index contributed by atoms with van der Waals surface area (Å²) in [6.45, 7) is 2.52. The molecule has 0 aliphatic rings. The van der Waals surface area contributed by atoms with Gasteiger partial charge in [-0.1, -0.05) is 42.1 Å². The van der Waals surface area contributed by atoms with Gasteiger partial charge in [0.25, 0.3) is 0 Å². The predicted octanol–water partition coefficient (Wildman–Crippen LogP) is 3.61. The number of nitrogens with one attached hydrogen (secondary N) is 1. The number of carbonyl (C=O) groups is 1. The minimum absolute atomic E-state index is 0.0415. The lowest BCUT2D eigenvalue weighted by molar-refractivity contribution is -0.118. The van der Waals surface area contributed by atoms with Crippen molar-refractivity contribution in [1.29, 1.82) is 0 Å². The van der Waals surface area contributed by atoms with Crippen LogP contribution in [0.4, 0.5) is 0 Å². The summed E-state index contributed by atoms with van der Waals surface area (Å²) >= 11 is 1.37. The van der Waals surface area contributed by atoms with Gasteiger partial charge in [-0.05, 0) is 41.6 Å². The first kappa shape index (κ1) is 18.3. The third-order valence-corrected chi connectivity index (χ3v) is 5.43. The Morgan fingerprint density at radius 2 is 1.96 bits per heavy atom. The van der Waals surface area contributed by atoms with Crippen LogP contribution in [0.25, 0.3) is 16.6 Å². The Balaban J connectivity index is 1.56. The molecular weight excluding hydrogens is 372 g/mol. The quantitative estimate of drug-likeness (QED) is 0.508. The van der Waals surface area contributed by atoms with Crippen LogP contribution in [0.1, 0.15) is 11.1 Å². The number of rotatable bonds is 6. The van der Waals surface area contributed by atoms with Gasteiger partial charge in [0.2, 0.25) is 5.91 Å². The highest BCUT2D eigenvalue weighted by Gasteiger charge is 2.14. The molecule has 0 atom stereocenters. The van der Waals surface area contributed by atoms with E-state index >= 15 is 0 Å². The Morgan fingerprint density at radius 3 is 2.75 bits per heavy atom. The zero-order valence-electron chi connectivity index (χ0n) is 15.7. The molecule has 142 valence electrons. The topological polar surface area (TPSA) is 68.5 Å². The minimum atomic E-state index is -0.0415. The van der Waals surface area contributed by atoms with E-state index in [0.29, 0.717) is 11.7 Å². The molecule has 0 saturated heterocycles. The summed E-state index contributed by atoms with van der Waals surface area (Å²) in [4.78, 5) is 12.3. The second-order valence-electron chi connectivity index (χ2n) is 6.44. The number of thioether (sulfide) groups is 1. The SMILES string of the molecule is COc1ccc2cc(C)c3nnc(SCC(=O)NCc4ccccc4)n3c2c1. The van der Waals surface area contributed by atoms with Gasteiger partial charge >= 0.3 is 0 Å². The third kappa shape index (κ3) is 3.66. The van der Waals surface area contributed by atoms with Gasteiger partial charge in [0.1, 0.15) is 5.75 Å². The van der Waals surface area contributed by atoms with E-state index in [2.05, 4.69) is 21.6 Å². The van der Waals surface area contributed by atoms with Crippen LogP contribution in [0.5, 0.6) is 5.75 Å². The molecule has 1 N–H and O–H groups in total. The Labute approximate surface area is 166 Å². The lowest BCUT2D eigenvalue weighted by Gasteiger charge is -2.09. The van der Waals surface area contributed by atoms with Crippen LogP contribution < -0.4 is 10.1 Å². The number of aromatic nitrogens is 3. The highest BCUT2D eigenvalue weighted by atomic mass is 32.2. The van der Waals surface area contributed by atoms with Crippen molar-refractivity contribution in [3.63, 3.8) is 0 Å². The molecule has 28 heavy (non-hydrogen) atoms. The molecule has 0 bridgehead atoms. The number of methoxy groups -OCH3 is 1. The summed E-state index contributed by atoms with van der Waals surface area (Å²) < 4.78 is 7.35. The van der Waals surface area contributed by atoms with Gasteiger partial charge in [0, 0.05) is 12.6 Å². The average molecular weight is 392 g/mol. The fourth-order valence-corrected chi connectivity index (χ4v) is 3.85. The molecule has 0 radical (unpaired) electrons. The number of aryl methyl sites for hydroxylation is 1. The van der Waals surface area contributed by atoms with Crippen LogP contribution in [0.3, 0.4) is 0 Å². The molecule has 0 spiro atoms. The monoisotopic (exact) mass is 392 g/mol. The van der Waals surface area contributed by atoms with Gasteiger partial charge in [-0.15, -0.1) is 10.2 Å². The zero-order valence-corrected chi connectivity index (χ0v) is 16.5. The maximum atomic E-state index is 12.3. The summed E-state index contributed by atoms with van der Waals surface area (Å²) in [6, 6.07) is 17.8. The highest BCUT2D eigenvalue weighted by Crippen LogP contribution is 2.28. The van der Waals surface area contributed by atoms with Crippen molar-refractivity contribution >= 4 is 34.2 Å². The standard InChI is InChI=1S/C21H20N4O2S/c1-14-10-16-8-9-17(27-2)11-18(16)25-20(14)23-24-21(25)28-13-19(26)22-12-15-6-4-3-5-7-15/h3-11H,12-13H2,1-2H3,(H,22,26). The molecule has 0 unspecified atom stereocenters. The van der Waals surface area contributed by atoms with Crippen molar-refractivity contribution < 1.29 is 9.53 Å². The number of hydrogen-bond acceptors (Lipinski definition) is 5. The molecule has 6 nitrogen and oxygen atoms in total. The van der Waals surface area contributed by atoms with Gasteiger partial charge in [0.15, 0.2) is 10.8 Å². The summed E-state index contributed by atoms with van der Waals surface area (Å²) in [5, 5.41) is 13.3. The molecule has 4 aromatic rings. The van der Waals surface area contributed by atoms with Gasteiger partial charge in [-0.3, -0.25) is 9.20 Å². The van der Waals surface area contributed by atoms with Crippen molar-refractivity contribution in [3.8, 4) is 5.75 Å². The second kappa shape index (κ2) is 7.90. The van der Waals surface area contributed by atoms with Crippen LogP contribution >= 0.6 is 11.8 Å². The van der Waals surface area contributed by atoms with Crippen molar-refractivity contribution in [2.75, 3.05) is 12.9 Å². The van der Waals surface area contributed by atoms with Crippen molar-refractivity contribution in [2.45, 2.75) is 18.6 Å². The number of fused-ring (bicyclic) bond motifs is 3. The number of ether oxygens (including phenoxy) is 1. The van der Waals surface area contributed by atoms with E-state index in [0.717, 1.165) is 33.4 Å². The summed E-state index contributed by atoms with van der Waals surface area (Å²) in [5.41, 5.74) is 3.85. The lowest BCUT2D eigenvalue weighted by Crippen LogP contribution is -2.24. The zero-order chi connectivity index (χ0) is 19.5. The molecule has 2 aromatic carbocycles. The molecule has 0 aliphatic heterocycles. The molecule has 0 fully saturated rings. The molecule has 0 saturated carbocycles. The van der Waals surface area contributed by atoms with E-state index in [1.807, 2.05) is 59.9 Å². The van der Waals surface area contributed by atoms with Crippen molar-refractivity contribution in [2.24, 2.45) is 0 Å². The largest absolute Gasteiger partial charge is 0.497 e. The van der Waals surface area contributed by atoms with E-state index in [-0.39, 0.29) is 11.7 Å². The fourth-order valence-electron chi connectivity index (χ4n) is 3.08. The Kier molecular flexibility index (Phi) is 5.16. The van der Waals surface area contributed by atoms with Crippen LogP contribution in [0.2, 0.25) is 0 Å². The average Bonchev–Trinajstić information content (AvgIpc) is 3.16. The first-order valence-corrected chi connectivity index (χ1v) is 9.90. The van der Waals surface area contributed by atoms with E-state index in [4.69, 9.17) is 4.74 Å². The van der Waals surface area contributed by atoms with Crippen LogP contribution in [-0.4, -0.2) is 33.4 Å². The summed E-state index contributed by atoms with van der Waals surface area (Å²) in [7, 11) is 1.64. The predicted molar refractivity (Wildman–Crippen MR) is 111 cm³/mol. The normalized spacial score (nSPS) is 11.1. The highest BCUT2D eigenvalue weighted by molar-refractivity contribution is 7.99. The smallest absolute Gasteiger partial charge is 0.230 e. The maximum absolute atomic E-state index is 12.3. The van der Waals surface area contributed by atoms with Crippen LogP contribution in [-0.2, 0) is 11.3 Å². The van der Waals surface area contributed by atoms with Crippen LogP contribution in [0, 0.1) is 6.92 Å². The van der Waals surface area contributed by atoms with Gasteiger partial charge in [0.05, 0.1) is 18.4 Å². The Morgan fingerprint density at radius 1 is 1.14 bits per heavy atom. The Hall–Kier alpha value is -3.06. The number of hydrogen-bond donors (Lipinski definition) is 1. The molecule has 0 aliphatic carbocycles. The third-order valence-electron chi connectivity index (χ3n) is 4.50. The summed E-state index contributed by atoms with van der Waals surface area (Å²) in [5.74, 6) is 0.996. The molecule has 2 heterocycles.